The molecule has 0 aromatic carbocycles. The van der Waals surface area contributed by atoms with Gasteiger partial charge in [0.1, 0.15) is 5.54 Å². The Morgan fingerprint density at radius 1 is 1.53 bits per heavy atom. The molecule has 1 aliphatic heterocycles. The number of likely N-dealkylation sites (N-methyl/N-ethyl adjacent to an activating group) is 1. The summed E-state index contributed by atoms with van der Waals surface area (Å²) in [7, 11) is 1.74. The maximum absolute atomic E-state index is 12.2. The zero-order chi connectivity index (χ0) is 12.2. The van der Waals surface area contributed by atoms with E-state index in [4.69, 9.17) is 4.74 Å². The van der Waals surface area contributed by atoms with Crippen LogP contribution in [0.3, 0.4) is 0 Å². The SMILES string of the molecule is CCOC(=O)C12CC1C1=C(CCC1)C(=O)N2C. The van der Waals surface area contributed by atoms with Crippen LogP contribution in [-0.4, -0.2) is 36.0 Å². The number of rotatable bonds is 2. The van der Waals surface area contributed by atoms with E-state index in [0.29, 0.717) is 6.61 Å². The van der Waals surface area contributed by atoms with Gasteiger partial charge in [0.25, 0.3) is 0 Å². The minimum Gasteiger partial charge on any atom is -0.464 e. The molecule has 0 saturated heterocycles. The predicted octanol–water partition coefficient (Wildman–Crippen LogP) is 1.26. The summed E-state index contributed by atoms with van der Waals surface area (Å²) in [4.78, 5) is 25.9. The van der Waals surface area contributed by atoms with Crippen LogP contribution < -0.4 is 0 Å². The highest BCUT2D eigenvalue weighted by atomic mass is 16.5. The second-order valence-corrected chi connectivity index (χ2v) is 5.12. The van der Waals surface area contributed by atoms with Gasteiger partial charge >= 0.3 is 5.97 Å². The largest absolute Gasteiger partial charge is 0.464 e. The zero-order valence-corrected chi connectivity index (χ0v) is 10.3. The Hall–Kier alpha value is -1.32. The molecule has 3 rings (SSSR count). The second-order valence-electron chi connectivity index (χ2n) is 5.12. The van der Waals surface area contributed by atoms with Gasteiger partial charge in [-0.2, -0.15) is 0 Å². The maximum atomic E-state index is 12.2. The lowest BCUT2D eigenvalue weighted by Crippen LogP contribution is -2.50. The topological polar surface area (TPSA) is 46.6 Å². The molecule has 2 atom stereocenters. The molecule has 1 saturated carbocycles. The van der Waals surface area contributed by atoms with E-state index in [-0.39, 0.29) is 17.8 Å². The molecule has 2 unspecified atom stereocenters. The van der Waals surface area contributed by atoms with Gasteiger partial charge < -0.3 is 9.64 Å². The van der Waals surface area contributed by atoms with Crippen LogP contribution in [0.25, 0.3) is 0 Å². The summed E-state index contributed by atoms with van der Waals surface area (Å²) < 4.78 is 5.14. The van der Waals surface area contributed by atoms with Crippen molar-refractivity contribution in [3.8, 4) is 0 Å². The van der Waals surface area contributed by atoms with Gasteiger partial charge in [0.05, 0.1) is 6.61 Å². The highest BCUT2D eigenvalue weighted by Crippen LogP contribution is 2.59. The minimum absolute atomic E-state index is 0.0410. The first-order valence-electron chi connectivity index (χ1n) is 6.30. The summed E-state index contributed by atoms with van der Waals surface area (Å²) in [6.07, 6.45) is 3.68. The molecule has 0 spiro atoms. The van der Waals surface area contributed by atoms with Crippen LogP contribution in [0.15, 0.2) is 11.1 Å². The summed E-state index contributed by atoms with van der Waals surface area (Å²) in [5, 5.41) is 0. The summed E-state index contributed by atoms with van der Waals surface area (Å²) in [5.74, 6) is 0.0559. The standard InChI is InChI=1S/C13H17NO3/c1-3-17-12(16)13-7-10(13)8-5-4-6-9(8)11(15)14(13)2/h10H,3-7H2,1-2H3. The van der Waals surface area contributed by atoms with Gasteiger partial charge in [-0.25, -0.2) is 4.79 Å². The molecule has 2 aliphatic carbocycles. The van der Waals surface area contributed by atoms with Crippen molar-refractivity contribution in [2.24, 2.45) is 5.92 Å². The first-order valence-corrected chi connectivity index (χ1v) is 6.30. The average molecular weight is 235 g/mol. The van der Waals surface area contributed by atoms with Crippen molar-refractivity contribution in [2.75, 3.05) is 13.7 Å². The molecular formula is C13H17NO3. The lowest BCUT2D eigenvalue weighted by atomic mass is 9.96. The van der Waals surface area contributed by atoms with E-state index < -0.39 is 5.54 Å². The molecule has 4 heteroatoms. The number of fused-ring (bicyclic) bond motifs is 2. The van der Waals surface area contributed by atoms with Gasteiger partial charge in [0, 0.05) is 18.5 Å². The van der Waals surface area contributed by atoms with Crippen LogP contribution in [0.4, 0.5) is 0 Å². The fourth-order valence-corrected chi connectivity index (χ4v) is 3.43. The normalized spacial score (nSPS) is 34.6. The minimum atomic E-state index is -0.656. The Bertz CT molecular complexity index is 440. The molecule has 0 radical (unpaired) electrons. The Morgan fingerprint density at radius 3 is 3.00 bits per heavy atom. The van der Waals surface area contributed by atoms with Gasteiger partial charge in [-0.05, 0) is 32.6 Å². The van der Waals surface area contributed by atoms with Gasteiger partial charge in [-0.1, -0.05) is 5.57 Å². The van der Waals surface area contributed by atoms with E-state index in [1.165, 1.54) is 5.57 Å². The fourth-order valence-electron chi connectivity index (χ4n) is 3.43. The number of esters is 1. The molecule has 0 aromatic heterocycles. The monoisotopic (exact) mass is 235 g/mol. The molecular weight excluding hydrogens is 218 g/mol. The first-order chi connectivity index (χ1) is 8.13. The Balaban J connectivity index is 1.97. The highest BCUT2D eigenvalue weighted by molar-refractivity contribution is 6.03. The smallest absolute Gasteiger partial charge is 0.332 e. The number of carbonyl (C=O) groups excluding carboxylic acids is 2. The molecule has 0 aromatic rings. The van der Waals surface area contributed by atoms with E-state index in [1.54, 1.807) is 18.9 Å². The summed E-state index contributed by atoms with van der Waals surface area (Å²) in [5.41, 5.74) is 1.55. The highest BCUT2D eigenvalue weighted by Gasteiger charge is 2.69. The molecule has 0 bridgehead atoms. The third-order valence-corrected chi connectivity index (χ3v) is 4.40. The van der Waals surface area contributed by atoms with Crippen LogP contribution >= 0.6 is 0 Å². The number of amides is 1. The van der Waals surface area contributed by atoms with Crippen LogP contribution in [0.1, 0.15) is 32.6 Å². The fraction of sp³-hybridized carbons (Fsp3) is 0.692. The van der Waals surface area contributed by atoms with Gasteiger partial charge in [-0.15, -0.1) is 0 Å². The van der Waals surface area contributed by atoms with Crippen LogP contribution in [0, 0.1) is 5.92 Å². The van der Waals surface area contributed by atoms with E-state index in [0.717, 1.165) is 31.3 Å². The van der Waals surface area contributed by atoms with Crippen molar-refractivity contribution in [1.29, 1.82) is 0 Å². The molecule has 4 nitrogen and oxygen atoms in total. The van der Waals surface area contributed by atoms with Crippen molar-refractivity contribution in [3.05, 3.63) is 11.1 Å². The Labute approximate surface area is 101 Å². The van der Waals surface area contributed by atoms with Gasteiger partial charge in [-0.3, -0.25) is 4.79 Å². The van der Waals surface area contributed by atoms with Crippen molar-refractivity contribution < 1.29 is 14.3 Å². The molecule has 1 amide bonds. The van der Waals surface area contributed by atoms with Crippen molar-refractivity contribution >= 4 is 11.9 Å². The molecule has 1 fully saturated rings. The van der Waals surface area contributed by atoms with E-state index in [2.05, 4.69) is 0 Å². The molecule has 0 N–H and O–H groups in total. The maximum Gasteiger partial charge on any atom is 0.332 e. The van der Waals surface area contributed by atoms with E-state index in [9.17, 15) is 9.59 Å². The Morgan fingerprint density at radius 2 is 2.29 bits per heavy atom. The summed E-state index contributed by atoms with van der Waals surface area (Å²) in [6.45, 7) is 2.18. The summed E-state index contributed by atoms with van der Waals surface area (Å²) in [6, 6.07) is 0. The number of carbonyl (C=O) groups is 2. The van der Waals surface area contributed by atoms with Crippen molar-refractivity contribution in [1.82, 2.24) is 4.90 Å². The van der Waals surface area contributed by atoms with Gasteiger partial charge in [0.15, 0.2) is 0 Å². The third kappa shape index (κ3) is 1.18. The molecule has 3 aliphatic rings. The molecule has 92 valence electrons. The second kappa shape index (κ2) is 3.34. The number of nitrogens with zero attached hydrogens (tertiary/aromatic N) is 1. The third-order valence-electron chi connectivity index (χ3n) is 4.40. The quantitative estimate of drug-likeness (QED) is 0.677. The van der Waals surface area contributed by atoms with Crippen molar-refractivity contribution in [2.45, 2.75) is 38.1 Å². The molecule has 1 heterocycles. The zero-order valence-electron chi connectivity index (χ0n) is 10.3. The molecule has 17 heavy (non-hydrogen) atoms. The Kier molecular flexibility index (Phi) is 2.12. The van der Waals surface area contributed by atoms with E-state index in [1.807, 2.05) is 0 Å². The van der Waals surface area contributed by atoms with Crippen LogP contribution in [0.2, 0.25) is 0 Å². The lowest BCUT2D eigenvalue weighted by Gasteiger charge is -2.32. The van der Waals surface area contributed by atoms with Crippen LogP contribution in [0.5, 0.6) is 0 Å². The number of hydrogen-bond donors (Lipinski definition) is 0. The number of ether oxygens (including phenoxy) is 1. The van der Waals surface area contributed by atoms with Gasteiger partial charge in [0.2, 0.25) is 5.91 Å². The first kappa shape index (κ1) is 10.8. The van der Waals surface area contributed by atoms with E-state index >= 15 is 0 Å². The number of hydrogen-bond acceptors (Lipinski definition) is 3. The van der Waals surface area contributed by atoms with Crippen molar-refractivity contribution in [3.63, 3.8) is 0 Å². The summed E-state index contributed by atoms with van der Waals surface area (Å²) >= 11 is 0. The van der Waals surface area contributed by atoms with Crippen LogP contribution in [-0.2, 0) is 14.3 Å². The average Bonchev–Trinajstić information content (AvgIpc) is 2.89. The lowest BCUT2D eigenvalue weighted by molar-refractivity contribution is -0.156. The predicted molar refractivity (Wildman–Crippen MR) is 61.1 cm³/mol.